The van der Waals surface area contributed by atoms with E-state index in [1.165, 1.54) is 6.07 Å². The predicted octanol–water partition coefficient (Wildman–Crippen LogP) is 6.16. The molecule has 1 heterocycles. The summed E-state index contributed by atoms with van der Waals surface area (Å²) in [5, 5.41) is 1.52. The zero-order chi connectivity index (χ0) is 15.2. The average Bonchev–Trinajstić information content (AvgIpc) is 2.83. The van der Waals surface area contributed by atoms with Crippen molar-refractivity contribution in [2.45, 2.75) is 6.18 Å². The second-order valence-corrected chi connectivity index (χ2v) is 5.43. The van der Waals surface area contributed by atoms with Gasteiger partial charge in [-0.05, 0) is 35.9 Å². The van der Waals surface area contributed by atoms with Gasteiger partial charge in [-0.3, -0.25) is 0 Å². The molecule has 2 aromatic carbocycles. The lowest BCUT2D eigenvalue weighted by atomic mass is 10.1. The van der Waals surface area contributed by atoms with Crippen molar-refractivity contribution in [3.8, 4) is 11.3 Å². The molecule has 3 aromatic rings. The van der Waals surface area contributed by atoms with E-state index in [9.17, 15) is 13.2 Å². The number of nitrogens with one attached hydrogen (secondary N) is 1. The number of alkyl halides is 3. The second-order valence-electron chi connectivity index (χ2n) is 4.61. The van der Waals surface area contributed by atoms with E-state index in [1.54, 1.807) is 24.3 Å². The van der Waals surface area contributed by atoms with Crippen LogP contribution in [0.5, 0.6) is 0 Å². The van der Waals surface area contributed by atoms with Gasteiger partial charge in [-0.2, -0.15) is 13.2 Å². The molecule has 0 aliphatic heterocycles. The molecule has 0 fully saturated rings. The van der Waals surface area contributed by atoms with Crippen molar-refractivity contribution >= 4 is 34.1 Å². The van der Waals surface area contributed by atoms with Crippen molar-refractivity contribution in [1.82, 2.24) is 4.98 Å². The number of fused-ring (bicyclic) bond motifs is 1. The number of hydrogen-bond acceptors (Lipinski definition) is 0. The molecule has 0 aliphatic carbocycles. The van der Waals surface area contributed by atoms with Gasteiger partial charge in [-0.1, -0.05) is 35.3 Å². The number of halogens is 5. The van der Waals surface area contributed by atoms with Crippen molar-refractivity contribution in [3.63, 3.8) is 0 Å². The first kappa shape index (κ1) is 14.3. The SMILES string of the molecule is FC(F)(F)c1ccc2cc(-c3ccc(Cl)c(Cl)c3)[nH]c2c1. The normalized spacial score (nSPS) is 12.0. The zero-order valence-corrected chi connectivity index (χ0v) is 11.9. The quantitative estimate of drug-likeness (QED) is 0.550. The van der Waals surface area contributed by atoms with Crippen molar-refractivity contribution in [1.29, 1.82) is 0 Å². The molecule has 0 radical (unpaired) electrons. The molecule has 1 nitrogen and oxygen atoms in total. The van der Waals surface area contributed by atoms with Gasteiger partial charge in [-0.15, -0.1) is 0 Å². The van der Waals surface area contributed by atoms with Gasteiger partial charge in [0, 0.05) is 16.6 Å². The van der Waals surface area contributed by atoms with Gasteiger partial charge in [0.1, 0.15) is 0 Å². The molecule has 0 saturated carbocycles. The number of aromatic nitrogens is 1. The van der Waals surface area contributed by atoms with Gasteiger partial charge in [0.25, 0.3) is 0 Å². The third kappa shape index (κ3) is 2.74. The molecule has 3 rings (SSSR count). The Labute approximate surface area is 128 Å². The highest BCUT2D eigenvalue weighted by atomic mass is 35.5. The molecule has 0 bridgehead atoms. The minimum atomic E-state index is -4.36. The van der Waals surface area contributed by atoms with Crippen LogP contribution in [0.1, 0.15) is 5.56 Å². The summed E-state index contributed by atoms with van der Waals surface area (Å²) in [5.41, 5.74) is 1.18. The molecule has 0 atom stereocenters. The summed E-state index contributed by atoms with van der Waals surface area (Å²) in [5.74, 6) is 0. The van der Waals surface area contributed by atoms with Gasteiger partial charge in [-0.25, -0.2) is 0 Å². The lowest BCUT2D eigenvalue weighted by Gasteiger charge is -2.05. The highest BCUT2D eigenvalue weighted by molar-refractivity contribution is 6.42. The molecule has 0 unspecified atom stereocenters. The van der Waals surface area contributed by atoms with Crippen LogP contribution in [0.4, 0.5) is 13.2 Å². The summed E-state index contributed by atoms with van der Waals surface area (Å²) in [6.07, 6.45) is -4.36. The van der Waals surface area contributed by atoms with Crippen LogP contribution in [0, 0.1) is 0 Å². The van der Waals surface area contributed by atoms with E-state index in [4.69, 9.17) is 23.2 Å². The molecule has 6 heteroatoms. The topological polar surface area (TPSA) is 15.8 Å². The second kappa shape index (κ2) is 4.97. The number of hydrogen-bond donors (Lipinski definition) is 1. The van der Waals surface area contributed by atoms with E-state index < -0.39 is 11.7 Å². The van der Waals surface area contributed by atoms with Crippen LogP contribution in [0.15, 0.2) is 42.5 Å². The maximum absolute atomic E-state index is 12.7. The fraction of sp³-hybridized carbons (Fsp3) is 0.0667. The van der Waals surface area contributed by atoms with Crippen molar-refractivity contribution in [2.24, 2.45) is 0 Å². The van der Waals surface area contributed by atoms with E-state index in [0.717, 1.165) is 17.7 Å². The summed E-state index contributed by atoms with van der Waals surface area (Å²) in [7, 11) is 0. The summed E-state index contributed by atoms with van der Waals surface area (Å²) in [6.45, 7) is 0. The molecular weight excluding hydrogens is 322 g/mol. The van der Waals surface area contributed by atoms with Crippen LogP contribution in [0.25, 0.3) is 22.2 Å². The van der Waals surface area contributed by atoms with Crippen LogP contribution < -0.4 is 0 Å². The summed E-state index contributed by atoms with van der Waals surface area (Å²) in [4.78, 5) is 2.97. The standard InChI is InChI=1S/C15H8Cl2F3N/c16-11-4-2-8(5-12(11)17)13-6-9-1-3-10(15(18,19)20)7-14(9)21-13/h1-7,21H. The van der Waals surface area contributed by atoms with Gasteiger partial charge < -0.3 is 4.98 Å². The van der Waals surface area contributed by atoms with Gasteiger partial charge in [0.15, 0.2) is 0 Å². The fourth-order valence-corrected chi connectivity index (χ4v) is 2.42. The fourth-order valence-electron chi connectivity index (χ4n) is 2.12. The molecule has 1 N–H and O–H groups in total. The van der Waals surface area contributed by atoms with Crippen LogP contribution >= 0.6 is 23.2 Å². The van der Waals surface area contributed by atoms with Crippen LogP contribution in [0.2, 0.25) is 10.0 Å². The molecule has 0 aliphatic rings. The number of rotatable bonds is 1. The Hall–Kier alpha value is -1.65. The molecule has 1 aromatic heterocycles. The Morgan fingerprint density at radius 2 is 1.62 bits per heavy atom. The maximum Gasteiger partial charge on any atom is 0.416 e. The Kier molecular flexibility index (Phi) is 3.38. The largest absolute Gasteiger partial charge is 0.416 e. The van der Waals surface area contributed by atoms with Crippen LogP contribution in [-0.2, 0) is 6.18 Å². The molecule has 0 saturated heterocycles. The number of aromatic amines is 1. The van der Waals surface area contributed by atoms with Gasteiger partial charge in [0.2, 0.25) is 0 Å². The molecule has 108 valence electrons. The average molecular weight is 330 g/mol. The van der Waals surface area contributed by atoms with Gasteiger partial charge in [0.05, 0.1) is 15.6 Å². The van der Waals surface area contributed by atoms with Crippen LogP contribution in [-0.4, -0.2) is 4.98 Å². The highest BCUT2D eigenvalue weighted by Crippen LogP contribution is 2.34. The Morgan fingerprint density at radius 3 is 2.29 bits per heavy atom. The molecular formula is C15H8Cl2F3N. The first-order valence-electron chi connectivity index (χ1n) is 6.00. The summed E-state index contributed by atoms with van der Waals surface area (Å²) < 4.78 is 38.1. The van der Waals surface area contributed by atoms with Crippen molar-refractivity contribution < 1.29 is 13.2 Å². The van der Waals surface area contributed by atoms with E-state index in [0.29, 0.717) is 26.6 Å². The lowest BCUT2D eigenvalue weighted by molar-refractivity contribution is -0.137. The zero-order valence-electron chi connectivity index (χ0n) is 10.4. The maximum atomic E-state index is 12.7. The predicted molar refractivity (Wildman–Crippen MR) is 78.8 cm³/mol. The van der Waals surface area contributed by atoms with E-state index >= 15 is 0 Å². The monoisotopic (exact) mass is 329 g/mol. The Morgan fingerprint density at radius 1 is 0.857 bits per heavy atom. The molecule has 0 spiro atoms. The van der Waals surface area contributed by atoms with E-state index in [-0.39, 0.29) is 0 Å². The summed E-state index contributed by atoms with van der Waals surface area (Å²) >= 11 is 11.8. The molecule has 0 amide bonds. The minimum Gasteiger partial charge on any atom is -0.355 e. The lowest BCUT2D eigenvalue weighted by Crippen LogP contribution is -2.03. The Bertz CT molecular complexity index is 821. The third-order valence-electron chi connectivity index (χ3n) is 3.18. The number of benzene rings is 2. The van der Waals surface area contributed by atoms with Crippen molar-refractivity contribution in [3.05, 3.63) is 58.1 Å². The summed E-state index contributed by atoms with van der Waals surface area (Å²) in [6, 6.07) is 10.4. The van der Waals surface area contributed by atoms with E-state index in [1.807, 2.05) is 0 Å². The number of H-pyrrole nitrogens is 1. The minimum absolute atomic E-state index is 0.392. The first-order valence-corrected chi connectivity index (χ1v) is 6.75. The smallest absolute Gasteiger partial charge is 0.355 e. The molecule has 21 heavy (non-hydrogen) atoms. The first-order chi connectivity index (χ1) is 9.84. The Balaban J connectivity index is 2.10. The highest BCUT2D eigenvalue weighted by Gasteiger charge is 2.30. The third-order valence-corrected chi connectivity index (χ3v) is 3.92. The van der Waals surface area contributed by atoms with Gasteiger partial charge >= 0.3 is 6.18 Å². The van der Waals surface area contributed by atoms with E-state index in [2.05, 4.69) is 4.98 Å². The van der Waals surface area contributed by atoms with Crippen LogP contribution in [0.3, 0.4) is 0 Å². The van der Waals surface area contributed by atoms with Crippen molar-refractivity contribution in [2.75, 3.05) is 0 Å².